The summed E-state index contributed by atoms with van der Waals surface area (Å²) < 4.78 is 0. The van der Waals surface area contributed by atoms with E-state index in [0.29, 0.717) is 10.4 Å². The molecule has 1 aliphatic heterocycles. The quantitative estimate of drug-likeness (QED) is 0.854. The first-order chi connectivity index (χ1) is 9.37. The van der Waals surface area contributed by atoms with Crippen LogP contribution in [0.1, 0.15) is 32.3 Å². The predicted octanol–water partition coefficient (Wildman–Crippen LogP) is 4.06. The third-order valence-corrected chi connectivity index (χ3v) is 4.09. The van der Waals surface area contributed by atoms with Crippen LogP contribution in [0.15, 0.2) is 24.3 Å². The van der Waals surface area contributed by atoms with Gasteiger partial charge in [-0.25, -0.2) is 4.79 Å². The van der Waals surface area contributed by atoms with Crippen LogP contribution < -0.4 is 4.90 Å². The molecule has 0 bridgehead atoms. The minimum atomic E-state index is -0.939. The average molecular weight is 294 g/mol. The molecule has 108 valence electrons. The van der Waals surface area contributed by atoms with Crippen LogP contribution in [-0.4, -0.2) is 24.2 Å². The molecule has 0 aliphatic carbocycles. The molecule has 0 aromatic heterocycles. The normalized spacial score (nSPS) is 18.4. The maximum atomic E-state index is 10.7. The van der Waals surface area contributed by atoms with Crippen LogP contribution in [0, 0.1) is 5.41 Å². The SMILES string of the molecule is CC1(C)CCN(c2cc(Cl)ccc2/C=C/C(=O)O)CC1. The van der Waals surface area contributed by atoms with Crippen molar-refractivity contribution in [2.24, 2.45) is 5.41 Å². The smallest absolute Gasteiger partial charge is 0.328 e. The Balaban J connectivity index is 2.26. The molecule has 1 aromatic carbocycles. The van der Waals surface area contributed by atoms with E-state index in [9.17, 15) is 4.79 Å². The molecule has 1 N–H and O–H groups in total. The Labute approximate surface area is 124 Å². The van der Waals surface area contributed by atoms with Crippen molar-refractivity contribution in [2.75, 3.05) is 18.0 Å². The number of rotatable bonds is 3. The van der Waals surface area contributed by atoms with Crippen LogP contribution in [0.5, 0.6) is 0 Å². The van der Waals surface area contributed by atoms with Crippen molar-refractivity contribution in [3.63, 3.8) is 0 Å². The molecular formula is C16H20ClNO2. The number of piperidine rings is 1. The van der Waals surface area contributed by atoms with Crippen molar-refractivity contribution in [3.05, 3.63) is 34.9 Å². The zero-order chi connectivity index (χ0) is 14.8. The highest BCUT2D eigenvalue weighted by Crippen LogP contribution is 2.34. The molecule has 2 rings (SSSR count). The van der Waals surface area contributed by atoms with Crippen molar-refractivity contribution < 1.29 is 9.90 Å². The van der Waals surface area contributed by atoms with Crippen molar-refractivity contribution in [3.8, 4) is 0 Å². The molecule has 0 saturated carbocycles. The Morgan fingerprint density at radius 1 is 1.35 bits per heavy atom. The first-order valence-electron chi connectivity index (χ1n) is 6.83. The van der Waals surface area contributed by atoms with Gasteiger partial charge in [-0.05, 0) is 42.0 Å². The van der Waals surface area contributed by atoms with E-state index in [-0.39, 0.29) is 0 Å². The Kier molecular flexibility index (Phi) is 4.39. The summed E-state index contributed by atoms with van der Waals surface area (Å²) in [7, 11) is 0. The summed E-state index contributed by atoms with van der Waals surface area (Å²) in [6.07, 6.45) is 5.05. The van der Waals surface area contributed by atoms with E-state index >= 15 is 0 Å². The first-order valence-corrected chi connectivity index (χ1v) is 7.21. The third kappa shape index (κ3) is 3.76. The van der Waals surface area contributed by atoms with Gasteiger partial charge in [-0.1, -0.05) is 31.5 Å². The fraction of sp³-hybridized carbons (Fsp3) is 0.438. The molecule has 1 fully saturated rings. The highest BCUT2D eigenvalue weighted by atomic mass is 35.5. The van der Waals surface area contributed by atoms with Crippen LogP contribution in [0.2, 0.25) is 5.02 Å². The molecule has 3 nitrogen and oxygen atoms in total. The van der Waals surface area contributed by atoms with Crippen molar-refractivity contribution >= 4 is 29.3 Å². The van der Waals surface area contributed by atoms with Gasteiger partial charge in [-0.2, -0.15) is 0 Å². The van der Waals surface area contributed by atoms with E-state index < -0.39 is 5.97 Å². The lowest BCUT2D eigenvalue weighted by Crippen LogP contribution is -2.37. The first kappa shape index (κ1) is 14.9. The van der Waals surface area contributed by atoms with Crippen LogP contribution in [0.25, 0.3) is 6.08 Å². The Bertz CT molecular complexity index is 527. The maximum absolute atomic E-state index is 10.7. The largest absolute Gasteiger partial charge is 0.478 e. The number of carbonyl (C=O) groups is 1. The Morgan fingerprint density at radius 3 is 2.60 bits per heavy atom. The van der Waals surface area contributed by atoms with E-state index in [0.717, 1.165) is 37.2 Å². The van der Waals surface area contributed by atoms with E-state index in [1.54, 1.807) is 12.1 Å². The van der Waals surface area contributed by atoms with Gasteiger partial charge in [0.15, 0.2) is 0 Å². The van der Waals surface area contributed by atoms with E-state index in [1.807, 2.05) is 12.1 Å². The number of carboxylic acids is 1. The second-order valence-electron chi connectivity index (χ2n) is 6.03. The number of anilines is 1. The summed E-state index contributed by atoms with van der Waals surface area (Å²) in [5, 5.41) is 9.45. The molecule has 0 atom stereocenters. The van der Waals surface area contributed by atoms with Gasteiger partial charge in [0.1, 0.15) is 0 Å². The van der Waals surface area contributed by atoms with Gasteiger partial charge in [0.05, 0.1) is 0 Å². The minimum absolute atomic E-state index is 0.381. The number of nitrogens with zero attached hydrogens (tertiary/aromatic N) is 1. The monoisotopic (exact) mass is 293 g/mol. The zero-order valence-electron chi connectivity index (χ0n) is 11.9. The lowest BCUT2D eigenvalue weighted by atomic mass is 9.82. The number of hydrogen-bond donors (Lipinski definition) is 1. The number of carboxylic acid groups (broad SMARTS) is 1. The molecule has 20 heavy (non-hydrogen) atoms. The minimum Gasteiger partial charge on any atom is -0.478 e. The molecule has 1 saturated heterocycles. The topological polar surface area (TPSA) is 40.5 Å². The van der Waals surface area contributed by atoms with Crippen LogP contribution in [0.4, 0.5) is 5.69 Å². The van der Waals surface area contributed by atoms with Crippen molar-refractivity contribution in [1.29, 1.82) is 0 Å². The highest BCUT2D eigenvalue weighted by molar-refractivity contribution is 6.31. The highest BCUT2D eigenvalue weighted by Gasteiger charge is 2.26. The molecule has 1 aliphatic rings. The van der Waals surface area contributed by atoms with Crippen molar-refractivity contribution in [1.82, 2.24) is 0 Å². The third-order valence-electron chi connectivity index (χ3n) is 3.86. The molecule has 0 spiro atoms. The van der Waals surface area contributed by atoms with E-state index in [2.05, 4.69) is 18.7 Å². The predicted molar refractivity (Wildman–Crippen MR) is 83.3 cm³/mol. The second-order valence-corrected chi connectivity index (χ2v) is 6.46. The van der Waals surface area contributed by atoms with Crippen LogP contribution >= 0.6 is 11.6 Å². The lowest BCUT2D eigenvalue weighted by molar-refractivity contribution is -0.131. The van der Waals surface area contributed by atoms with Crippen molar-refractivity contribution in [2.45, 2.75) is 26.7 Å². The van der Waals surface area contributed by atoms with Gasteiger partial charge in [-0.15, -0.1) is 0 Å². The standard InChI is InChI=1S/C16H20ClNO2/c1-16(2)7-9-18(10-8-16)14-11-13(17)5-3-12(14)4-6-15(19)20/h3-6,11H,7-10H2,1-2H3,(H,19,20)/b6-4+. The lowest BCUT2D eigenvalue weighted by Gasteiger charge is -2.38. The molecule has 1 aromatic rings. The summed E-state index contributed by atoms with van der Waals surface area (Å²) in [6, 6.07) is 5.58. The average Bonchev–Trinajstić information content (AvgIpc) is 2.37. The van der Waals surface area contributed by atoms with Crippen LogP contribution in [-0.2, 0) is 4.79 Å². The number of halogens is 1. The Hall–Kier alpha value is -1.48. The fourth-order valence-corrected chi connectivity index (χ4v) is 2.61. The van der Waals surface area contributed by atoms with Gasteiger partial charge in [0.25, 0.3) is 0 Å². The summed E-state index contributed by atoms with van der Waals surface area (Å²) in [5.41, 5.74) is 2.30. The second kappa shape index (κ2) is 5.88. The number of benzene rings is 1. The summed E-state index contributed by atoms with van der Waals surface area (Å²) in [4.78, 5) is 13.0. The van der Waals surface area contributed by atoms with Gasteiger partial charge < -0.3 is 10.0 Å². The summed E-state index contributed by atoms with van der Waals surface area (Å²) >= 11 is 6.09. The molecule has 0 radical (unpaired) electrons. The van der Waals surface area contributed by atoms with Crippen LogP contribution in [0.3, 0.4) is 0 Å². The summed E-state index contributed by atoms with van der Waals surface area (Å²) in [5.74, 6) is -0.939. The van der Waals surface area contributed by atoms with Gasteiger partial charge in [0, 0.05) is 29.9 Å². The van der Waals surface area contributed by atoms with Gasteiger partial charge >= 0.3 is 5.97 Å². The summed E-state index contributed by atoms with van der Waals surface area (Å²) in [6.45, 7) is 6.52. The van der Waals surface area contributed by atoms with Gasteiger partial charge in [0.2, 0.25) is 0 Å². The molecule has 0 unspecified atom stereocenters. The molecule has 0 amide bonds. The number of hydrogen-bond acceptors (Lipinski definition) is 2. The number of aliphatic carboxylic acids is 1. The van der Waals surface area contributed by atoms with E-state index in [1.165, 1.54) is 6.08 Å². The maximum Gasteiger partial charge on any atom is 0.328 e. The Morgan fingerprint density at radius 2 is 2.00 bits per heavy atom. The zero-order valence-corrected chi connectivity index (χ0v) is 12.7. The van der Waals surface area contributed by atoms with E-state index in [4.69, 9.17) is 16.7 Å². The molecule has 1 heterocycles. The molecule has 4 heteroatoms. The molecular weight excluding hydrogens is 274 g/mol. The fourth-order valence-electron chi connectivity index (χ4n) is 2.45. The van der Waals surface area contributed by atoms with Gasteiger partial charge in [-0.3, -0.25) is 0 Å².